The van der Waals surface area contributed by atoms with Gasteiger partial charge in [0, 0.05) is 38.6 Å². The van der Waals surface area contributed by atoms with Crippen LogP contribution in [0.4, 0.5) is 0 Å². The average Bonchev–Trinajstić information content (AvgIpc) is 3.34. The minimum Gasteiger partial charge on any atom is -0.356 e. The van der Waals surface area contributed by atoms with E-state index in [0.29, 0.717) is 11.9 Å². The molecule has 6 heteroatoms. The molecule has 1 saturated heterocycles. The molecule has 5 nitrogen and oxygen atoms in total. The number of nitrogens with one attached hydrogen (secondary N) is 2. The lowest BCUT2D eigenvalue weighted by molar-refractivity contribution is -0.134. The molecule has 0 spiro atoms. The molecule has 1 saturated carbocycles. The summed E-state index contributed by atoms with van der Waals surface area (Å²) in [7, 11) is 1.81. The molecule has 1 aliphatic heterocycles. The third-order valence-electron chi connectivity index (χ3n) is 5.72. The van der Waals surface area contributed by atoms with Gasteiger partial charge in [0.05, 0.1) is 0 Å². The Kier molecular flexibility index (Phi) is 8.86. The van der Waals surface area contributed by atoms with E-state index in [9.17, 15) is 4.79 Å². The fourth-order valence-corrected chi connectivity index (χ4v) is 4.10. The molecule has 27 heavy (non-hydrogen) atoms. The van der Waals surface area contributed by atoms with E-state index in [1.165, 1.54) is 24.0 Å². The van der Waals surface area contributed by atoms with Crippen molar-refractivity contribution >= 4 is 35.8 Å². The van der Waals surface area contributed by atoms with Crippen LogP contribution in [0.25, 0.3) is 0 Å². The number of benzene rings is 1. The van der Waals surface area contributed by atoms with Gasteiger partial charge in [-0.15, -0.1) is 24.0 Å². The van der Waals surface area contributed by atoms with Crippen molar-refractivity contribution < 1.29 is 4.79 Å². The van der Waals surface area contributed by atoms with Gasteiger partial charge in [-0.05, 0) is 43.7 Å². The molecule has 1 aromatic rings. The first-order valence-electron chi connectivity index (χ1n) is 9.98. The van der Waals surface area contributed by atoms with Gasteiger partial charge < -0.3 is 15.5 Å². The summed E-state index contributed by atoms with van der Waals surface area (Å²) in [5, 5.41) is 6.89. The lowest BCUT2D eigenvalue weighted by atomic mass is 10.1. The molecule has 1 atom stereocenters. The lowest BCUT2D eigenvalue weighted by Gasteiger charge is -2.21. The average molecular weight is 484 g/mol. The highest BCUT2D eigenvalue weighted by molar-refractivity contribution is 14.0. The van der Waals surface area contributed by atoms with Crippen LogP contribution in [0, 0.1) is 12.8 Å². The van der Waals surface area contributed by atoms with Gasteiger partial charge in [0.25, 0.3) is 0 Å². The van der Waals surface area contributed by atoms with Crippen LogP contribution in [0.1, 0.15) is 43.2 Å². The number of hydrogen-bond acceptors (Lipinski definition) is 2. The van der Waals surface area contributed by atoms with Crippen LogP contribution in [0.2, 0.25) is 0 Å². The minimum atomic E-state index is 0. The van der Waals surface area contributed by atoms with Crippen LogP contribution < -0.4 is 10.6 Å². The minimum absolute atomic E-state index is 0. The Morgan fingerprint density at radius 2 is 1.96 bits per heavy atom. The second-order valence-electron chi connectivity index (χ2n) is 7.57. The highest BCUT2D eigenvalue weighted by atomic mass is 127. The van der Waals surface area contributed by atoms with Crippen LogP contribution in [-0.4, -0.2) is 49.5 Å². The topological polar surface area (TPSA) is 56.7 Å². The van der Waals surface area contributed by atoms with Gasteiger partial charge in [0.1, 0.15) is 0 Å². The molecule has 2 fully saturated rings. The van der Waals surface area contributed by atoms with Crippen molar-refractivity contribution in [2.24, 2.45) is 10.9 Å². The van der Waals surface area contributed by atoms with Crippen LogP contribution in [0.3, 0.4) is 0 Å². The number of aryl methyl sites for hydroxylation is 1. The normalized spacial score (nSPS) is 20.4. The maximum Gasteiger partial charge on any atom is 0.225 e. The predicted octanol–water partition coefficient (Wildman–Crippen LogP) is 3.11. The third-order valence-corrected chi connectivity index (χ3v) is 5.72. The number of guanidine groups is 1. The van der Waals surface area contributed by atoms with Crippen molar-refractivity contribution in [3.63, 3.8) is 0 Å². The molecule has 1 amide bonds. The molecule has 0 bridgehead atoms. The summed E-state index contributed by atoms with van der Waals surface area (Å²) in [6.45, 7) is 4.67. The lowest BCUT2D eigenvalue weighted by Crippen LogP contribution is -2.45. The van der Waals surface area contributed by atoms with Crippen LogP contribution in [0.15, 0.2) is 29.3 Å². The van der Waals surface area contributed by atoms with Crippen molar-refractivity contribution in [3.05, 3.63) is 35.4 Å². The van der Waals surface area contributed by atoms with Crippen LogP contribution in [-0.2, 0) is 11.2 Å². The zero-order valence-corrected chi connectivity index (χ0v) is 18.9. The largest absolute Gasteiger partial charge is 0.356 e. The second-order valence-corrected chi connectivity index (χ2v) is 7.57. The Morgan fingerprint density at radius 1 is 1.22 bits per heavy atom. The molecule has 1 aliphatic carbocycles. The number of amides is 1. The number of aliphatic imine (C=N–C) groups is 1. The predicted molar refractivity (Wildman–Crippen MR) is 122 cm³/mol. The molecule has 1 aromatic carbocycles. The van der Waals surface area contributed by atoms with E-state index in [1.807, 2.05) is 4.90 Å². The van der Waals surface area contributed by atoms with Gasteiger partial charge in [0.15, 0.2) is 5.96 Å². The quantitative estimate of drug-likeness (QED) is 0.384. The van der Waals surface area contributed by atoms with E-state index in [1.54, 1.807) is 7.05 Å². The van der Waals surface area contributed by atoms with Gasteiger partial charge in [-0.1, -0.05) is 37.1 Å². The summed E-state index contributed by atoms with van der Waals surface area (Å²) >= 11 is 0. The number of rotatable bonds is 5. The van der Waals surface area contributed by atoms with Gasteiger partial charge in [-0.25, -0.2) is 0 Å². The van der Waals surface area contributed by atoms with E-state index in [4.69, 9.17) is 0 Å². The van der Waals surface area contributed by atoms with E-state index in [0.717, 1.165) is 51.3 Å². The zero-order chi connectivity index (χ0) is 18.4. The summed E-state index contributed by atoms with van der Waals surface area (Å²) in [6.07, 6.45) is 6.55. The van der Waals surface area contributed by atoms with Crippen LogP contribution in [0.5, 0.6) is 0 Å². The van der Waals surface area contributed by atoms with Crippen molar-refractivity contribution in [1.82, 2.24) is 15.5 Å². The Morgan fingerprint density at radius 3 is 2.67 bits per heavy atom. The number of likely N-dealkylation sites (tertiary alicyclic amines) is 1. The smallest absolute Gasteiger partial charge is 0.225 e. The standard InChI is InChI=1S/C21H32N4O.HI/c1-16-7-3-4-8-17(16)11-13-23-21(22-2)24-19-12-14-25(15-19)20(26)18-9-5-6-10-18;/h3-4,7-8,18-19H,5-6,9-15H2,1-2H3,(H2,22,23,24);1H. The molecule has 3 rings (SSSR count). The van der Waals surface area contributed by atoms with Crippen molar-refractivity contribution in [1.29, 1.82) is 0 Å². The Bertz CT molecular complexity index is 643. The highest BCUT2D eigenvalue weighted by Gasteiger charge is 2.32. The number of halogens is 1. The zero-order valence-electron chi connectivity index (χ0n) is 16.5. The summed E-state index contributed by atoms with van der Waals surface area (Å²) in [6, 6.07) is 8.79. The fourth-order valence-electron chi connectivity index (χ4n) is 4.10. The fraction of sp³-hybridized carbons (Fsp3) is 0.619. The van der Waals surface area contributed by atoms with E-state index >= 15 is 0 Å². The van der Waals surface area contributed by atoms with Gasteiger partial charge in [-0.3, -0.25) is 9.79 Å². The summed E-state index contributed by atoms with van der Waals surface area (Å²) < 4.78 is 0. The first-order chi connectivity index (χ1) is 12.7. The third kappa shape index (κ3) is 6.09. The van der Waals surface area contributed by atoms with Crippen LogP contribution >= 0.6 is 24.0 Å². The van der Waals surface area contributed by atoms with E-state index in [2.05, 4.69) is 46.8 Å². The Labute approximate surface area is 180 Å². The molecule has 150 valence electrons. The maximum atomic E-state index is 12.6. The maximum absolute atomic E-state index is 12.6. The summed E-state index contributed by atoms with van der Waals surface area (Å²) in [5.41, 5.74) is 2.69. The molecular weight excluding hydrogens is 451 g/mol. The molecular formula is C21H33IN4O. The molecule has 0 radical (unpaired) electrons. The SMILES string of the molecule is CN=C(NCCc1ccccc1C)NC1CCN(C(=O)C2CCCC2)C1.I. The van der Waals surface area contributed by atoms with Crippen molar-refractivity contribution in [3.8, 4) is 0 Å². The molecule has 2 aliphatic rings. The number of hydrogen-bond donors (Lipinski definition) is 2. The summed E-state index contributed by atoms with van der Waals surface area (Å²) in [4.78, 5) is 19.0. The van der Waals surface area contributed by atoms with Gasteiger partial charge in [0.2, 0.25) is 5.91 Å². The molecule has 1 heterocycles. The van der Waals surface area contributed by atoms with Crippen molar-refractivity contribution in [2.75, 3.05) is 26.7 Å². The first-order valence-corrected chi connectivity index (χ1v) is 9.98. The number of carbonyl (C=O) groups excluding carboxylic acids is 1. The second kappa shape index (κ2) is 10.9. The molecule has 0 aromatic heterocycles. The number of carbonyl (C=O) groups is 1. The highest BCUT2D eigenvalue weighted by Crippen LogP contribution is 2.27. The monoisotopic (exact) mass is 484 g/mol. The van der Waals surface area contributed by atoms with E-state index < -0.39 is 0 Å². The number of nitrogens with zero attached hydrogens (tertiary/aromatic N) is 2. The molecule has 2 N–H and O–H groups in total. The molecule has 1 unspecified atom stereocenters. The van der Waals surface area contributed by atoms with Gasteiger partial charge >= 0.3 is 0 Å². The summed E-state index contributed by atoms with van der Waals surface area (Å²) in [5.74, 6) is 1.48. The Balaban J connectivity index is 0.00000261. The first kappa shape index (κ1) is 22.0. The van der Waals surface area contributed by atoms with E-state index in [-0.39, 0.29) is 29.9 Å². The van der Waals surface area contributed by atoms with Gasteiger partial charge in [-0.2, -0.15) is 0 Å². The Hall–Kier alpha value is -1.31. The van der Waals surface area contributed by atoms with Crippen molar-refractivity contribution in [2.45, 2.75) is 51.5 Å².